The maximum absolute atomic E-state index is 12.7. The largest absolute Gasteiger partial charge is 0.494 e. The Labute approximate surface area is 857 Å². The van der Waals surface area contributed by atoms with Gasteiger partial charge in [-0.15, -0.1) is 51.0 Å². The molecule has 0 aliphatic heterocycles. The van der Waals surface area contributed by atoms with Gasteiger partial charge in [-0.2, -0.15) is 0 Å². The number of benzene rings is 9. The topological polar surface area (TPSA) is 274 Å². The van der Waals surface area contributed by atoms with E-state index in [1.807, 2.05) is 291 Å². The molecule has 16 heterocycles. The first-order valence-electron chi connectivity index (χ1n) is 50.6. The summed E-state index contributed by atoms with van der Waals surface area (Å²) in [6.45, 7) is 10.9. The minimum absolute atomic E-state index is 0.0645. The lowest BCUT2D eigenvalue weighted by Crippen LogP contribution is -2.21. The van der Waals surface area contributed by atoms with Crippen molar-refractivity contribution >= 4 is 82.8 Å². The van der Waals surface area contributed by atoms with E-state index < -0.39 is 0 Å². The molecule has 0 bridgehead atoms. The number of hydrogen-bond donors (Lipinski definition) is 0. The van der Waals surface area contributed by atoms with E-state index in [4.69, 9.17) is 18.9 Å². The van der Waals surface area contributed by atoms with E-state index in [0.717, 1.165) is 238 Å². The van der Waals surface area contributed by atoms with Crippen LogP contribution in [0.4, 0.5) is 0 Å². The first-order valence-corrected chi connectivity index (χ1v) is 50.6. The minimum Gasteiger partial charge on any atom is -0.494 e. The molecule has 1 unspecified atom stereocenters. The Morgan fingerprint density at radius 2 is 0.557 bits per heavy atom. The molecule has 26 nitrogen and oxygen atoms in total. The molecular formula is C123H103N21O5. The highest BCUT2D eigenvalue weighted by molar-refractivity contribution is 5.98. The van der Waals surface area contributed by atoms with Crippen LogP contribution in [0.25, 0.3) is 195 Å². The molecule has 2 fully saturated rings. The fraction of sp³-hybridized carbons (Fsp3) is 0.154. The van der Waals surface area contributed by atoms with Gasteiger partial charge in [0.15, 0.2) is 57.4 Å². The lowest BCUT2D eigenvalue weighted by molar-refractivity contribution is 0.210. The van der Waals surface area contributed by atoms with Gasteiger partial charge in [0.1, 0.15) is 23.0 Å². The summed E-state index contributed by atoms with van der Waals surface area (Å²) in [7, 11) is 0. The van der Waals surface area contributed by atoms with Crippen molar-refractivity contribution in [3.05, 3.63) is 400 Å². The summed E-state index contributed by atoms with van der Waals surface area (Å²) in [5, 5.41) is 49.7. The molecule has 25 aromatic rings. The molecule has 1 atom stereocenters. The average Bonchev–Trinajstić information content (AvgIpc) is 1.66. The van der Waals surface area contributed by atoms with Crippen LogP contribution in [-0.2, 0) is 0 Å². The van der Waals surface area contributed by atoms with Gasteiger partial charge in [0.25, 0.3) is 5.56 Å². The molecule has 2 aliphatic rings. The summed E-state index contributed by atoms with van der Waals surface area (Å²) in [5.41, 5.74) is 24.6. The SMILES string of the molecule is CC(C)Oc1ccc(-c2ccn3c(-c4ccnc5ccccc45)nnc3c2)cc1.CCC(C)Oc1ccc(-c2ccn3c(-c4ccnc5ccccc45)nnc3c2)cc1.CCOc1ccc(-c2ccn3c(-c4ccnc5ccccc45)nnc3c2)cc1.O=c1cc(-c2ccn3c(-c4ccnc5ccccc45)nnc3c2)ccn1C1CCCC1.c1ccc2c(-c3nnc4cc(-c5ccc(OC6CCCC6)cc5)ccn34)ccnc2c1. The van der Waals surface area contributed by atoms with Gasteiger partial charge >= 0.3 is 0 Å². The summed E-state index contributed by atoms with van der Waals surface area (Å²) in [6.07, 6.45) is 32.3. The second-order valence-electron chi connectivity index (χ2n) is 37.4. The zero-order valence-electron chi connectivity index (χ0n) is 82.8. The zero-order chi connectivity index (χ0) is 101. The van der Waals surface area contributed by atoms with Crippen LogP contribution in [0, 0.1) is 0 Å². The van der Waals surface area contributed by atoms with Crippen LogP contribution in [0.3, 0.4) is 0 Å². The second-order valence-corrected chi connectivity index (χ2v) is 37.4. The van der Waals surface area contributed by atoms with E-state index in [-0.39, 0.29) is 17.8 Å². The number of ether oxygens (including phenoxy) is 4. The summed E-state index contributed by atoms with van der Waals surface area (Å²) in [4.78, 5) is 34.9. The number of nitrogens with zero attached hydrogens (tertiary/aromatic N) is 21. The molecule has 0 N–H and O–H groups in total. The number of rotatable bonds is 20. The number of hydrogen-bond acceptors (Lipinski definition) is 20. The summed E-state index contributed by atoms with van der Waals surface area (Å²) in [5.74, 6) is 7.62. The highest BCUT2D eigenvalue weighted by Crippen LogP contribution is 2.39. The highest BCUT2D eigenvalue weighted by Gasteiger charge is 2.24. The fourth-order valence-corrected chi connectivity index (χ4v) is 19.8. The summed E-state index contributed by atoms with van der Waals surface area (Å²) in [6, 6.07) is 108. The second kappa shape index (κ2) is 42.3. The molecule has 27 rings (SSSR count). The maximum Gasteiger partial charge on any atom is 0.251 e. The highest BCUT2D eigenvalue weighted by atomic mass is 16.5. The standard InChI is InChI=1S/C26H22N4O.C25H21N5O.C25H22N4O.C24H20N4O.C23H18N4O/c1-2-6-20(5-1)31-21-11-9-18(10-12-21)19-14-16-30-25(17-19)28-29-26(30)23-13-15-27-24-8-4-3-7-22(23)24;31-24-16-18(10-13-29(24)19-5-1-2-6-19)17-11-14-30-23(15-17)27-28-25(30)21-9-12-26-22-8-4-3-7-20(21)22;1-3-17(2)30-20-10-8-18(9-11-20)19-13-15-29-24(16-19)27-28-25(29)22-12-14-26-23-7-5-4-6-21(22)23;1-16(2)29-19-9-7-17(8-10-19)18-12-14-28-23(15-18)26-27-24(28)21-11-13-25-22-6-4-3-5-20(21)22;1-2-28-18-9-7-16(8-10-18)17-12-14-27-22(15-17)25-26-23(27)20-11-13-24-21-6-4-3-5-19(20)21/h3-4,7-17,20H,1-2,5-6H2;3-4,7-16,19H,1-2,5-6H2;4-17H,3H2,1-2H3;3-16H,1-2H3;3-15H,2H2,1H3. The Morgan fingerprint density at radius 3 is 0.859 bits per heavy atom. The van der Waals surface area contributed by atoms with E-state index in [2.05, 4.69) is 223 Å². The molecule has 149 heavy (non-hydrogen) atoms. The van der Waals surface area contributed by atoms with E-state index in [9.17, 15) is 4.79 Å². The maximum atomic E-state index is 12.7. The Bertz CT molecular complexity index is 9180. The Morgan fingerprint density at radius 1 is 0.282 bits per heavy atom. The smallest absolute Gasteiger partial charge is 0.251 e. The third-order valence-corrected chi connectivity index (χ3v) is 27.4. The normalized spacial score (nSPS) is 12.8. The Balaban J connectivity index is 0.000000102. The molecule has 2 aliphatic carbocycles. The fourth-order valence-electron chi connectivity index (χ4n) is 19.8. The van der Waals surface area contributed by atoms with E-state index in [1.165, 1.54) is 38.5 Å². The molecule has 0 amide bonds. The molecule has 16 aromatic heterocycles. The van der Waals surface area contributed by atoms with Gasteiger partial charge in [0.05, 0.1) is 52.5 Å². The van der Waals surface area contributed by atoms with Gasteiger partial charge < -0.3 is 23.5 Å². The lowest BCUT2D eigenvalue weighted by atomic mass is 10.1. The van der Waals surface area contributed by atoms with Crippen LogP contribution in [-0.4, -0.2) is 127 Å². The van der Waals surface area contributed by atoms with Gasteiger partial charge in [-0.3, -0.25) is 51.7 Å². The molecule has 2 saturated carbocycles. The van der Waals surface area contributed by atoms with Crippen LogP contribution in [0.1, 0.15) is 98.4 Å². The van der Waals surface area contributed by atoms with E-state index in [1.54, 1.807) is 12.3 Å². The monoisotopic (exact) mass is 1950 g/mol. The zero-order valence-corrected chi connectivity index (χ0v) is 82.8. The van der Waals surface area contributed by atoms with Gasteiger partial charge in [-0.25, -0.2) is 0 Å². The molecule has 730 valence electrons. The van der Waals surface area contributed by atoms with Crippen molar-refractivity contribution < 1.29 is 18.9 Å². The lowest BCUT2D eigenvalue weighted by Gasteiger charge is -2.14. The van der Waals surface area contributed by atoms with Gasteiger partial charge in [-0.05, 0) is 304 Å². The predicted molar refractivity (Wildman–Crippen MR) is 588 cm³/mol. The van der Waals surface area contributed by atoms with Gasteiger partial charge in [0, 0.05) is 135 Å². The number of para-hydroxylation sites is 5. The quantitative estimate of drug-likeness (QED) is 0.0685. The Kier molecular flexibility index (Phi) is 26.7. The van der Waals surface area contributed by atoms with E-state index in [0.29, 0.717) is 18.8 Å². The van der Waals surface area contributed by atoms with Crippen LogP contribution in [0.2, 0.25) is 0 Å². The number of fused-ring (bicyclic) bond motifs is 10. The van der Waals surface area contributed by atoms with Crippen molar-refractivity contribution in [3.8, 4) is 136 Å². The average molecular weight is 1960 g/mol. The Hall–Kier alpha value is -18.7. The molecule has 9 aromatic carbocycles. The van der Waals surface area contributed by atoms with Crippen molar-refractivity contribution in [1.82, 2.24) is 102 Å². The van der Waals surface area contributed by atoms with Crippen LogP contribution < -0.4 is 24.5 Å². The predicted octanol–water partition coefficient (Wildman–Crippen LogP) is 27.0. The van der Waals surface area contributed by atoms with Crippen molar-refractivity contribution in [1.29, 1.82) is 0 Å². The minimum atomic E-state index is 0.0645. The molecule has 0 saturated heterocycles. The van der Waals surface area contributed by atoms with Gasteiger partial charge in [-0.1, -0.05) is 159 Å². The summed E-state index contributed by atoms with van der Waals surface area (Å²) < 4.78 is 35.2. The van der Waals surface area contributed by atoms with E-state index >= 15 is 0 Å². The van der Waals surface area contributed by atoms with Crippen LogP contribution in [0.5, 0.6) is 23.0 Å². The van der Waals surface area contributed by atoms with Crippen molar-refractivity contribution in [2.45, 2.75) is 117 Å². The van der Waals surface area contributed by atoms with Crippen molar-refractivity contribution in [2.24, 2.45) is 0 Å². The molecule has 0 radical (unpaired) electrons. The number of pyridine rings is 11. The van der Waals surface area contributed by atoms with Gasteiger partial charge in [0.2, 0.25) is 0 Å². The van der Waals surface area contributed by atoms with Crippen molar-refractivity contribution in [3.63, 3.8) is 0 Å². The first-order chi connectivity index (χ1) is 73.4. The van der Waals surface area contributed by atoms with Crippen LogP contribution >= 0.6 is 0 Å². The molecule has 26 heteroatoms. The molecule has 0 spiro atoms. The number of aromatic nitrogens is 21. The third-order valence-electron chi connectivity index (χ3n) is 27.4. The third kappa shape index (κ3) is 19.9. The summed E-state index contributed by atoms with van der Waals surface area (Å²) >= 11 is 0. The van der Waals surface area contributed by atoms with Crippen LogP contribution in [0.15, 0.2) is 394 Å². The first kappa shape index (κ1) is 93.9. The van der Waals surface area contributed by atoms with Crippen molar-refractivity contribution in [2.75, 3.05) is 6.61 Å². The molecular weight excluding hydrogens is 1850 g/mol.